The van der Waals surface area contributed by atoms with Gasteiger partial charge in [-0.25, -0.2) is 0 Å². The van der Waals surface area contributed by atoms with Crippen LogP contribution < -0.4 is 4.74 Å². The number of ether oxygens (including phenoxy) is 1. The second-order valence-corrected chi connectivity index (χ2v) is 5.04. The Morgan fingerprint density at radius 2 is 2.17 bits per heavy atom. The summed E-state index contributed by atoms with van der Waals surface area (Å²) in [6, 6.07) is 5.89. The van der Waals surface area contributed by atoms with Crippen LogP contribution in [0.5, 0.6) is 5.75 Å². The van der Waals surface area contributed by atoms with Crippen LogP contribution in [-0.4, -0.2) is 12.4 Å². The van der Waals surface area contributed by atoms with Gasteiger partial charge in [0.15, 0.2) is 5.78 Å². The van der Waals surface area contributed by atoms with Gasteiger partial charge in [-0.2, -0.15) is 0 Å². The standard InChI is InChI=1S/C16H22O2/c1-3-5-9-14(17)13-8-6-10-15-16(13)12(7-4-2)11-18-15/h6,8,10,12H,3-5,7,9,11H2,1-2H3. The normalized spacial score (nSPS) is 17.3. The van der Waals surface area contributed by atoms with E-state index in [-0.39, 0.29) is 5.78 Å². The molecule has 2 nitrogen and oxygen atoms in total. The molecule has 1 unspecified atom stereocenters. The molecule has 0 bridgehead atoms. The molecule has 98 valence electrons. The molecule has 2 rings (SSSR count). The van der Waals surface area contributed by atoms with Gasteiger partial charge < -0.3 is 4.74 Å². The Labute approximate surface area is 109 Å². The lowest BCUT2D eigenvalue weighted by atomic mass is 9.89. The molecule has 0 saturated heterocycles. The maximum Gasteiger partial charge on any atom is 0.163 e. The first-order valence-corrected chi connectivity index (χ1v) is 7.06. The first-order valence-electron chi connectivity index (χ1n) is 7.06. The van der Waals surface area contributed by atoms with E-state index in [9.17, 15) is 4.79 Å². The van der Waals surface area contributed by atoms with E-state index in [4.69, 9.17) is 4.74 Å². The van der Waals surface area contributed by atoms with Crippen LogP contribution in [0, 0.1) is 0 Å². The summed E-state index contributed by atoms with van der Waals surface area (Å²) in [4.78, 5) is 12.3. The van der Waals surface area contributed by atoms with E-state index in [0.717, 1.165) is 43.6 Å². The van der Waals surface area contributed by atoms with Crippen molar-refractivity contribution in [2.24, 2.45) is 0 Å². The summed E-state index contributed by atoms with van der Waals surface area (Å²) in [5.74, 6) is 1.61. The van der Waals surface area contributed by atoms with E-state index in [1.807, 2.05) is 18.2 Å². The number of ketones is 1. The molecule has 0 saturated carbocycles. The third-order valence-electron chi connectivity index (χ3n) is 3.61. The van der Waals surface area contributed by atoms with Crippen molar-refractivity contribution in [1.29, 1.82) is 0 Å². The summed E-state index contributed by atoms with van der Waals surface area (Å²) in [5, 5.41) is 0. The summed E-state index contributed by atoms with van der Waals surface area (Å²) >= 11 is 0. The summed E-state index contributed by atoms with van der Waals surface area (Å²) in [7, 11) is 0. The average Bonchev–Trinajstić information content (AvgIpc) is 2.80. The lowest BCUT2D eigenvalue weighted by molar-refractivity contribution is 0.0978. The molecule has 0 amide bonds. The number of carbonyl (C=O) groups is 1. The molecule has 1 aliphatic heterocycles. The molecule has 2 heteroatoms. The van der Waals surface area contributed by atoms with Crippen molar-refractivity contribution in [2.45, 2.75) is 51.9 Å². The van der Waals surface area contributed by atoms with E-state index in [1.165, 1.54) is 5.56 Å². The Morgan fingerprint density at radius 1 is 1.33 bits per heavy atom. The topological polar surface area (TPSA) is 26.3 Å². The monoisotopic (exact) mass is 246 g/mol. The molecule has 0 radical (unpaired) electrons. The van der Waals surface area contributed by atoms with Crippen LogP contribution in [0.4, 0.5) is 0 Å². The van der Waals surface area contributed by atoms with E-state index in [2.05, 4.69) is 13.8 Å². The van der Waals surface area contributed by atoms with Crippen LogP contribution in [0.1, 0.15) is 67.8 Å². The Kier molecular flexibility index (Phi) is 4.40. The molecule has 18 heavy (non-hydrogen) atoms. The van der Waals surface area contributed by atoms with Crippen LogP contribution in [0.2, 0.25) is 0 Å². The number of hydrogen-bond donors (Lipinski definition) is 0. The van der Waals surface area contributed by atoms with Gasteiger partial charge in [0, 0.05) is 23.5 Å². The SMILES string of the molecule is CCCCC(=O)c1cccc2c1C(CCC)CO2. The molecule has 0 N–H and O–H groups in total. The van der Waals surface area contributed by atoms with Crippen LogP contribution >= 0.6 is 0 Å². The molecule has 1 atom stereocenters. The predicted octanol–water partition coefficient (Wildman–Crippen LogP) is 4.34. The molecule has 0 fully saturated rings. The minimum absolute atomic E-state index is 0.278. The largest absolute Gasteiger partial charge is 0.493 e. The van der Waals surface area contributed by atoms with Gasteiger partial charge in [-0.3, -0.25) is 4.79 Å². The number of Topliss-reactive ketones (excluding diaryl/α,β-unsaturated/α-hetero) is 1. The number of hydrogen-bond acceptors (Lipinski definition) is 2. The molecule has 1 aromatic rings. The maximum absolute atomic E-state index is 12.3. The third kappa shape index (κ3) is 2.58. The van der Waals surface area contributed by atoms with Crippen LogP contribution in [-0.2, 0) is 0 Å². The van der Waals surface area contributed by atoms with E-state index >= 15 is 0 Å². The summed E-state index contributed by atoms with van der Waals surface area (Å²) in [5.41, 5.74) is 2.07. The van der Waals surface area contributed by atoms with Crippen LogP contribution in [0.25, 0.3) is 0 Å². The van der Waals surface area contributed by atoms with Crippen molar-refractivity contribution in [1.82, 2.24) is 0 Å². The van der Waals surface area contributed by atoms with Gasteiger partial charge in [0.25, 0.3) is 0 Å². The van der Waals surface area contributed by atoms with Gasteiger partial charge in [-0.05, 0) is 18.9 Å². The summed E-state index contributed by atoms with van der Waals surface area (Å²) in [6.45, 7) is 5.03. The number of rotatable bonds is 6. The molecule has 0 aromatic heterocycles. The summed E-state index contributed by atoms with van der Waals surface area (Å²) < 4.78 is 5.71. The van der Waals surface area contributed by atoms with Gasteiger partial charge in [0.2, 0.25) is 0 Å². The zero-order valence-electron chi connectivity index (χ0n) is 11.4. The highest BCUT2D eigenvalue weighted by Gasteiger charge is 2.28. The van der Waals surface area contributed by atoms with Crippen molar-refractivity contribution in [3.05, 3.63) is 29.3 Å². The van der Waals surface area contributed by atoms with E-state index in [0.29, 0.717) is 12.3 Å². The van der Waals surface area contributed by atoms with Crippen LogP contribution in [0.15, 0.2) is 18.2 Å². The second kappa shape index (κ2) is 6.03. The molecule has 1 aliphatic rings. The van der Waals surface area contributed by atoms with Gasteiger partial charge in [-0.15, -0.1) is 0 Å². The van der Waals surface area contributed by atoms with Crippen molar-refractivity contribution in [3.63, 3.8) is 0 Å². The molecule has 1 heterocycles. The first-order chi connectivity index (χ1) is 8.77. The molecular formula is C16H22O2. The quantitative estimate of drug-likeness (QED) is 0.698. The van der Waals surface area contributed by atoms with Crippen molar-refractivity contribution in [3.8, 4) is 5.75 Å². The number of unbranched alkanes of at least 4 members (excludes halogenated alkanes) is 1. The predicted molar refractivity (Wildman–Crippen MR) is 73.4 cm³/mol. The average molecular weight is 246 g/mol. The van der Waals surface area contributed by atoms with E-state index < -0.39 is 0 Å². The lowest BCUT2D eigenvalue weighted by Crippen LogP contribution is -2.07. The minimum Gasteiger partial charge on any atom is -0.493 e. The lowest BCUT2D eigenvalue weighted by Gasteiger charge is -2.11. The Bertz CT molecular complexity index is 421. The van der Waals surface area contributed by atoms with Gasteiger partial charge in [-0.1, -0.05) is 38.8 Å². The summed E-state index contributed by atoms with van der Waals surface area (Å²) in [6.07, 6.45) is 4.93. The maximum atomic E-state index is 12.3. The molecular weight excluding hydrogens is 224 g/mol. The van der Waals surface area contributed by atoms with Crippen molar-refractivity contribution >= 4 is 5.78 Å². The zero-order chi connectivity index (χ0) is 13.0. The Balaban J connectivity index is 2.26. The fourth-order valence-electron chi connectivity index (χ4n) is 2.66. The van der Waals surface area contributed by atoms with Crippen LogP contribution in [0.3, 0.4) is 0 Å². The van der Waals surface area contributed by atoms with Crippen molar-refractivity contribution < 1.29 is 9.53 Å². The van der Waals surface area contributed by atoms with Gasteiger partial charge >= 0.3 is 0 Å². The Morgan fingerprint density at radius 3 is 2.89 bits per heavy atom. The second-order valence-electron chi connectivity index (χ2n) is 5.04. The molecule has 0 spiro atoms. The zero-order valence-corrected chi connectivity index (χ0v) is 11.4. The smallest absolute Gasteiger partial charge is 0.163 e. The van der Waals surface area contributed by atoms with Gasteiger partial charge in [0.1, 0.15) is 5.75 Å². The van der Waals surface area contributed by atoms with E-state index in [1.54, 1.807) is 0 Å². The minimum atomic E-state index is 0.278. The number of fused-ring (bicyclic) bond motifs is 1. The Hall–Kier alpha value is -1.31. The number of carbonyl (C=O) groups excluding carboxylic acids is 1. The molecule has 1 aromatic carbocycles. The fraction of sp³-hybridized carbons (Fsp3) is 0.562. The third-order valence-corrected chi connectivity index (χ3v) is 3.61. The van der Waals surface area contributed by atoms with Gasteiger partial charge in [0.05, 0.1) is 6.61 Å². The number of benzene rings is 1. The van der Waals surface area contributed by atoms with Crippen molar-refractivity contribution in [2.75, 3.05) is 6.61 Å². The highest BCUT2D eigenvalue weighted by molar-refractivity contribution is 5.98. The highest BCUT2D eigenvalue weighted by atomic mass is 16.5. The fourth-order valence-corrected chi connectivity index (χ4v) is 2.66. The first kappa shape index (κ1) is 13.1. The highest BCUT2D eigenvalue weighted by Crippen LogP contribution is 2.39. The molecule has 0 aliphatic carbocycles.